The summed E-state index contributed by atoms with van der Waals surface area (Å²) in [6.07, 6.45) is -0.857. The van der Waals surface area contributed by atoms with Crippen LogP contribution in [-0.2, 0) is 19.3 Å². The van der Waals surface area contributed by atoms with Crippen molar-refractivity contribution in [3.8, 4) is 5.75 Å². The van der Waals surface area contributed by atoms with E-state index in [9.17, 15) is 17.9 Å². The summed E-state index contributed by atoms with van der Waals surface area (Å²) in [5, 5.41) is 10.4. The summed E-state index contributed by atoms with van der Waals surface area (Å²) in [6, 6.07) is 7.53. The predicted molar refractivity (Wildman–Crippen MR) is 104 cm³/mol. The summed E-state index contributed by atoms with van der Waals surface area (Å²) in [5.41, 5.74) is -0.270. The van der Waals surface area contributed by atoms with Crippen LogP contribution in [0.25, 0.3) is 0 Å². The molecule has 5 nitrogen and oxygen atoms in total. The van der Waals surface area contributed by atoms with Gasteiger partial charge in [-0.2, -0.15) is 0 Å². The zero-order chi connectivity index (χ0) is 21.3. The third-order valence-electron chi connectivity index (χ3n) is 6.69. The molecule has 30 heavy (non-hydrogen) atoms. The molecule has 0 bridgehead atoms. The number of sulfone groups is 1. The molecule has 1 aliphatic carbocycles. The predicted octanol–water partition coefficient (Wildman–Crippen LogP) is 3.81. The van der Waals surface area contributed by atoms with E-state index in [4.69, 9.17) is 21.1 Å². The first-order valence-corrected chi connectivity index (χ1v) is 11.6. The van der Waals surface area contributed by atoms with Crippen molar-refractivity contribution < 1.29 is 31.8 Å². The monoisotopic (exact) mass is 456 g/mol. The molecule has 1 N–H and O–H groups in total. The molecule has 0 amide bonds. The Bertz CT molecular complexity index is 1110. The van der Waals surface area contributed by atoms with Crippen LogP contribution >= 0.6 is 11.6 Å². The molecule has 1 unspecified atom stereocenters. The summed E-state index contributed by atoms with van der Waals surface area (Å²) in [4.78, 5) is -0.0219. The molecule has 2 aliphatic heterocycles. The average Bonchev–Trinajstić information content (AvgIpc) is 3.10. The van der Waals surface area contributed by atoms with E-state index in [1.54, 1.807) is 0 Å². The molecule has 9 heteroatoms. The number of aliphatic hydroxyl groups excluding tert-OH is 1. The van der Waals surface area contributed by atoms with Crippen LogP contribution in [0.15, 0.2) is 41.3 Å². The summed E-state index contributed by atoms with van der Waals surface area (Å²) in [5.74, 6) is -3.07. The van der Waals surface area contributed by atoms with Crippen LogP contribution in [-0.4, -0.2) is 32.5 Å². The van der Waals surface area contributed by atoms with Gasteiger partial charge in [0.15, 0.2) is 27.7 Å². The van der Waals surface area contributed by atoms with E-state index in [0.29, 0.717) is 11.4 Å². The van der Waals surface area contributed by atoms with Gasteiger partial charge >= 0.3 is 0 Å². The van der Waals surface area contributed by atoms with Gasteiger partial charge in [-0.15, -0.1) is 0 Å². The first-order chi connectivity index (χ1) is 14.3. The van der Waals surface area contributed by atoms with Gasteiger partial charge in [-0.25, -0.2) is 17.2 Å². The topological polar surface area (TPSA) is 72.8 Å². The van der Waals surface area contributed by atoms with E-state index >= 15 is 4.39 Å². The van der Waals surface area contributed by atoms with Crippen LogP contribution in [0, 0.1) is 23.5 Å². The Hall–Kier alpha value is -1.74. The van der Waals surface area contributed by atoms with Crippen molar-refractivity contribution in [1.82, 2.24) is 0 Å². The fourth-order valence-electron chi connectivity index (χ4n) is 5.44. The molecule has 5 atom stereocenters. The lowest BCUT2D eigenvalue weighted by Gasteiger charge is -2.50. The van der Waals surface area contributed by atoms with Crippen molar-refractivity contribution in [2.45, 2.75) is 41.3 Å². The molecular weight excluding hydrogens is 438 g/mol. The maximum absolute atomic E-state index is 15.2. The first kappa shape index (κ1) is 20.2. The molecule has 2 heterocycles. The molecule has 0 radical (unpaired) electrons. The van der Waals surface area contributed by atoms with Crippen molar-refractivity contribution in [1.29, 1.82) is 0 Å². The maximum atomic E-state index is 15.2. The van der Waals surface area contributed by atoms with E-state index < -0.39 is 38.4 Å². The Morgan fingerprint density at radius 2 is 1.80 bits per heavy atom. The zero-order valence-corrected chi connectivity index (χ0v) is 17.3. The average molecular weight is 457 g/mol. The van der Waals surface area contributed by atoms with Crippen LogP contribution in [0.2, 0.25) is 5.02 Å². The molecule has 5 rings (SSSR count). The Balaban J connectivity index is 1.78. The van der Waals surface area contributed by atoms with Crippen LogP contribution in [0.5, 0.6) is 5.75 Å². The highest BCUT2D eigenvalue weighted by molar-refractivity contribution is 7.92. The van der Waals surface area contributed by atoms with E-state index in [-0.39, 0.29) is 47.7 Å². The largest absolute Gasteiger partial charge is 0.490 e. The lowest BCUT2D eigenvalue weighted by Crippen LogP contribution is -2.56. The fourth-order valence-corrected chi connectivity index (χ4v) is 7.97. The smallest absolute Gasteiger partial charge is 0.188 e. The number of hydrogen-bond acceptors (Lipinski definition) is 5. The number of halogens is 3. The van der Waals surface area contributed by atoms with Gasteiger partial charge in [0, 0.05) is 17.4 Å². The number of aliphatic hydroxyl groups is 1. The molecule has 2 aromatic rings. The van der Waals surface area contributed by atoms with Crippen LogP contribution in [0.1, 0.15) is 24.8 Å². The highest BCUT2D eigenvalue weighted by atomic mass is 35.5. The minimum Gasteiger partial charge on any atom is -0.490 e. The van der Waals surface area contributed by atoms with Gasteiger partial charge in [-0.3, -0.25) is 0 Å². The molecule has 0 spiro atoms. The summed E-state index contributed by atoms with van der Waals surface area (Å²) in [6.45, 7) is -0.114. The van der Waals surface area contributed by atoms with Crippen LogP contribution < -0.4 is 4.74 Å². The van der Waals surface area contributed by atoms with Gasteiger partial charge < -0.3 is 14.6 Å². The quantitative estimate of drug-likeness (QED) is 0.744. The van der Waals surface area contributed by atoms with Gasteiger partial charge in [-0.1, -0.05) is 11.6 Å². The molecule has 2 aromatic carbocycles. The Morgan fingerprint density at radius 3 is 2.53 bits per heavy atom. The van der Waals surface area contributed by atoms with Gasteiger partial charge in [0.1, 0.15) is 10.6 Å². The second-order valence-electron chi connectivity index (χ2n) is 8.07. The number of hydrogen-bond donors (Lipinski definition) is 1. The summed E-state index contributed by atoms with van der Waals surface area (Å²) >= 11 is 5.93. The van der Waals surface area contributed by atoms with E-state index in [2.05, 4.69) is 0 Å². The third-order valence-corrected chi connectivity index (χ3v) is 9.51. The van der Waals surface area contributed by atoms with Crippen molar-refractivity contribution >= 4 is 21.4 Å². The van der Waals surface area contributed by atoms with E-state index in [0.717, 1.165) is 12.1 Å². The first-order valence-electron chi connectivity index (χ1n) is 9.70. The van der Waals surface area contributed by atoms with E-state index in [1.165, 1.54) is 24.3 Å². The van der Waals surface area contributed by atoms with Gasteiger partial charge in [0.25, 0.3) is 0 Å². The van der Waals surface area contributed by atoms with Gasteiger partial charge in [0.05, 0.1) is 23.2 Å². The lowest BCUT2D eigenvalue weighted by atomic mass is 9.66. The fraction of sp³-hybridized carbons (Fsp3) is 0.429. The van der Waals surface area contributed by atoms with Crippen LogP contribution in [0.4, 0.5) is 8.78 Å². The Morgan fingerprint density at radius 1 is 1.10 bits per heavy atom. The highest BCUT2D eigenvalue weighted by Gasteiger charge is 2.64. The standard InChI is InChI=1S/C21H19ClF2O5S/c22-11-1-3-12(4-2-11)30(26,27)21-8-7-17-13(9-18(25)29-17)14(21)10-28-20-16(24)6-5-15(23)19(20)21/h1-6,13-14,17-18,25H,7-10H2/t13-,14+,17+,18?,21+/m1/s1. The van der Waals surface area contributed by atoms with E-state index in [1.807, 2.05) is 0 Å². The SMILES string of the molecule is O=S(=O)(c1ccc(Cl)cc1)[C@@]12CC[C@@H]3OC(O)C[C@@H]3[C@@H]1COc1c(F)ccc(F)c12. The Kier molecular flexibility index (Phi) is 4.63. The molecular formula is C21H19ClF2O5S. The van der Waals surface area contributed by atoms with Crippen LogP contribution in [0.3, 0.4) is 0 Å². The molecule has 3 aliphatic rings. The second kappa shape index (κ2) is 6.88. The number of ether oxygens (including phenoxy) is 2. The van der Waals surface area contributed by atoms with Gasteiger partial charge in [-0.05, 0) is 55.2 Å². The number of benzene rings is 2. The minimum absolute atomic E-state index is 0.0211. The highest BCUT2D eigenvalue weighted by Crippen LogP contribution is 2.60. The third kappa shape index (κ3) is 2.67. The molecule has 1 saturated carbocycles. The summed E-state index contributed by atoms with van der Waals surface area (Å²) in [7, 11) is -4.19. The zero-order valence-electron chi connectivity index (χ0n) is 15.7. The normalized spacial score (nSPS) is 32.7. The lowest BCUT2D eigenvalue weighted by molar-refractivity contribution is -0.103. The Labute approximate surface area is 177 Å². The number of fused-ring (bicyclic) bond motifs is 5. The number of rotatable bonds is 2. The van der Waals surface area contributed by atoms with Crippen molar-refractivity contribution in [2.24, 2.45) is 11.8 Å². The maximum Gasteiger partial charge on any atom is 0.188 e. The molecule has 0 aromatic heterocycles. The molecule has 1 saturated heterocycles. The van der Waals surface area contributed by atoms with Crippen molar-refractivity contribution in [2.75, 3.05) is 6.61 Å². The minimum atomic E-state index is -4.19. The van der Waals surface area contributed by atoms with Crippen molar-refractivity contribution in [3.63, 3.8) is 0 Å². The second-order valence-corrected chi connectivity index (χ2v) is 10.7. The summed E-state index contributed by atoms with van der Waals surface area (Å²) < 4.78 is 67.3. The van der Waals surface area contributed by atoms with Crippen molar-refractivity contribution in [3.05, 3.63) is 58.6 Å². The van der Waals surface area contributed by atoms with Gasteiger partial charge in [0.2, 0.25) is 0 Å². The molecule has 2 fully saturated rings. The molecule has 160 valence electrons.